The molecule has 0 bridgehead atoms. The highest BCUT2D eigenvalue weighted by molar-refractivity contribution is 7.85. The van der Waals surface area contributed by atoms with Crippen LogP contribution in [-0.2, 0) is 38.7 Å². The summed E-state index contributed by atoms with van der Waals surface area (Å²) in [7, 11) is -4.61. The Kier molecular flexibility index (Phi) is 33.7. The van der Waals surface area contributed by atoms with E-state index in [0.717, 1.165) is 77.0 Å². The number of unbranched alkanes of at least 4 members (excludes halogenated alkanes) is 12. The Bertz CT molecular complexity index is 1390. The van der Waals surface area contributed by atoms with Gasteiger partial charge in [0.1, 0.15) is 36.8 Å². The molecule has 1 heterocycles. The number of ether oxygens (including phenoxy) is 4. The lowest BCUT2D eigenvalue weighted by Gasteiger charge is -2.40. The van der Waals surface area contributed by atoms with Crippen LogP contribution in [0.2, 0.25) is 0 Å². The Morgan fingerprint density at radius 3 is 1.58 bits per heavy atom. The van der Waals surface area contributed by atoms with Crippen LogP contribution in [-0.4, -0.2) is 96.0 Å². The van der Waals surface area contributed by atoms with E-state index < -0.39 is 71.2 Å². The van der Waals surface area contributed by atoms with Gasteiger partial charge in [0.25, 0.3) is 10.1 Å². The molecule has 12 nitrogen and oxygen atoms in total. The van der Waals surface area contributed by atoms with Crippen molar-refractivity contribution in [1.29, 1.82) is 0 Å². The fourth-order valence-electron chi connectivity index (χ4n) is 6.28. The van der Waals surface area contributed by atoms with E-state index in [-0.39, 0.29) is 19.4 Å². The molecule has 0 spiro atoms. The minimum absolute atomic E-state index is 0.118. The molecule has 1 aliphatic rings. The molecule has 1 rings (SSSR count). The third-order valence-electron chi connectivity index (χ3n) is 9.77. The number of aliphatic hydroxyl groups excluding tert-OH is 3. The number of carbonyl (C=O) groups excluding carboxylic acids is 2. The van der Waals surface area contributed by atoms with Crippen LogP contribution >= 0.6 is 0 Å². The van der Waals surface area contributed by atoms with Crippen molar-refractivity contribution >= 4 is 22.1 Å². The van der Waals surface area contributed by atoms with Crippen molar-refractivity contribution in [2.24, 2.45) is 0 Å². The van der Waals surface area contributed by atoms with Gasteiger partial charge in [-0.1, -0.05) is 132 Å². The largest absolute Gasteiger partial charge is 0.462 e. The van der Waals surface area contributed by atoms with Gasteiger partial charge >= 0.3 is 11.9 Å². The summed E-state index contributed by atoms with van der Waals surface area (Å²) in [4.78, 5) is 25.4. The molecule has 1 saturated heterocycles. The molecule has 0 aromatic heterocycles. The van der Waals surface area contributed by atoms with E-state index in [1.165, 1.54) is 38.5 Å². The van der Waals surface area contributed by atoms with E-state index in [9.17, 15) is 37.9 Å². The zero-order valence-corrected chi connectivity index (χ0v) is 37.3. The molecule has 13 heteroatoms. The maximum Gasteiger partial charge on any atom is 0.306 e. The highest BCUT2D eigenvalue weighted by Gasteiger charge is 2.46. The third kappa shape index (κ3) is 31.0. The van der Waals surface area contributed by atoms with Crippen LogP contribution in [0, 0.1) is 0 Å². The average Bonchev–Trinajstić information content (AvgIpc) is 3.21. The van der Waals surface area contributed by atoms with E-state index in [1.807, 2.05) is 0 Å². The maximum absolute atomic E-state index is 12.8. The van der Waals surface area contributed by atoms with Crippen molar-refractivity contribution in [2.45, 2.75) is 192 Å². The summed E-state index contributed by atoms with van der Waals surface area (Å²) in [6, 6.07) is 0. The van der Waals surface area contributed by atoms with Crippen LogP contribution in [0.3, 0.4) is 0 Å². The number of aliphatic hydroxyl groups is 3. The molecule has 60 heavy (non-hydrogen) atoms. The zero-order valence-electron chi connectivity index (χ0n) is 36.5. The number of allylic oxidation sites excluding steroid dienone is 12. The number of hydrogen-bond acceptors (Lipinski definition) is 11. The molecule has 4 N–H and O–H groups in total. The molecule has 0 aliphatic carbocycles. The van der Waals surface area contributed by atoms with Crippen LogP contribution in [0.1, 0.15) is 155 Å². The topological polar surface area (TPSA) is 186 Å². The van der Waals surface area contributed by atoms with E-state index in [0.29, 0.717) is 12.8 Å². The SMILES string of the molecule is CC/C=C/C/C=C/C/C=C/C/C=C/C/C=C/CCCCCC(=O)O[C@H](COC(=O)CCCCC/C=C/CCCCCCCC)CO[C@H]1O[C@H](CS(=O)(=O)O)[C@@H](O)C(O)C1O. The van der Waals surface area contributed by atoms with E-state index in [1.54, 1.807) is 0 Å². The zero-order chi connectivity index (χ0) is 44.1. The van der Waals surface area contributed by atoms with E-state index in [4.69, 9.17) is 18.9 Å². The molecule has 1 aliphatic heterocycles. The second kappa shape index (κ2) is 36.7. The Hall–Kier alpha value is -2.91. The van der Waals surface area contributed by atoms with Crippen molar-refractivity contribution in [1.82, 2.24) is 0 Å². The Balaban J connectivity index is 2.50. The van der Waals surface area contributed by atoms with Gasteiger partial charge in [-0.2, -0.15) is 8.42 Å². The highest BCUT2D eigenvalue weighted by Crippen LogP contribution is 2.24. The number of esters is 2. The molecule has 0 radical (unpaired) electrons. The van der Waals surface area contributed by atoms with Gasteiger partial charge in [-0.3, -0.25) is 14.1 Å². The van der Waals surface area contributed by atoms with Gasteiger partial charge in [0.15, 0.2) is 12.4 Å². The lowest BCUT2D eigenvalue weighted by Crippen LogP contribution is -2.60. The molecule has 1 fully saturated rings. The summed E-state index contributed by atoms with van der Waals surface area (Å²) >= 11 is 0. The lowest BCUT2D eigenvalue weighted by atomic mass is 10.00. The molecule has 0 saturated carbocycles. The first kappa shape index (κ1) is 55.1. The molecule has 0 aromatic rings. The summed E-state index contributed by atoms with van der Waals surface area (Å²) in [5.74, 6) is -2.06. The molecule has 2 unspecified atom stereocenters. The second-order valence-corrected chi connectivity index (χ2v) is 16.8. The fourth-order valence-corrected chi connectivity index (χ4v) is 6.98. The molecular formula is C47H78O12S. The molecule has 0 amide bonds. The molecule has 6 atom stereocenters. The van der Waals surface area contributed by atoms with Crippen LogP contribution in [0.4, 0.5) is 0 Å². The highest BCUT2D eigenvalue weighted by atomic mass is 32.2. The smallest absolute Gasteiger partial charge is 0.306 e. The van der Waals surface area contributed by atoms with Crippen molar-refractivity contribution in [3.8, 4) is 0 Å². The monoisotopic (exact) mass is 867 g/mol. The average molecular weight is 867 g/mol. The van der Waals surface area contributed by atoms with Gasteiger partial charge in [0, 0.05) is 12.8 Å². The van der Waals surface area contributed by atoms with Gasteiger partial charge in [0.05, 0.1) is 6.61 Å². The lowest BCUT2D eigenvalue weighted by molar-refractivity contribution is -0.297. The number of carbonyl (C=O) groups is 2. The summed E-state index contributed by atoms with van der Waals surface area (Å²) < 4.78 is 54.0. The van der Waals surface area contributed by atoms with Crippen LogP contribution in [0.15, 0.2) is 72.9 Å². The Morgan fingerprint density at radius 1 is 0.583 bits per heavy atom. The van der Waals surface area contributed by atoms with Crippen molar-refractivity contribution < 1.29 is 56.8 Å². The number of rotatable bonds is 36. The molecule has 344 valence electrons. The fraction of sp³-hybridized carbons (Fsp3) is 0.702. The summed E-state index contributed by atoms with van der Waals surface area (Å²) in [6.45, 7) is 3.58. The first-order chi connectivity index (χ1) is 29.0. The van der Waals surface area contributed by atoms with E-state index in [2.05, 4.69) is 86.8 Å². The van der Waals surface area contributed by atoms with Gasteiger partial charge in [-0.05, 0) is 83.5 Å². The van der Waals surface area contributed by atoms with Gasteiger partial charge in [-0.15, -0.1) is 0 Å². The first-order valence-corrected chi connectivity index (χ1v) is 24.1. The summed E-state index contributed by atoms with van der Waals surface area (Å²) in [5, 5.41) is 30.9. The third-order valence-corrected chi connectivity index (χ3v) is 10.5. The first-order valence-electron chi connectivity index (χ1n) is 22.5. The summed E-state index contributed by atoms with van der Waals surface area (Å²) in [5.41, 5.74) is 0. The van der Waals surface area contributed by atoms with Gasteiger partial charge in [0.2, 0.25) is 0 Å². The van der Waals surface area contributed by atoms with Crippen molar-refractivity contribution in [3.63, 3.8) is 0 Å². The quantitative estimate of drug-likeness (QED) is 0.0203. The van der Waals surface area contributed by atoms with Crippen molar-refractivity contribution in [3.05, 3.63) is 72.9 Å². The molecule has 0 aromatic carbocycles. The van der Waals surface area contributed by atoms with Crippen LogP contribution < -0.4 is 0 Å². The maximum atomic E-state index is 12.8. The van der Waals surface area contributed by atoms with Crippen LogP contribution in [0.25, 0.3) is 0 Å². The predicted octanol–water partition coefficient (Wildman–Crippen LogP) is 9.11. The normalized spacial score (nSPS) is 20.8. The minimum Gasteiger partial charge on any atom is -0.462 e. The Labute approximate surface area is 361 Å². The molecular weight excluding hydrogens is 789 g/mol. The standard InChI is InChI=1S/C47H78O12S/c1-3-5-7-9-11-13-15-17-18-19-20-21-22-24-26-28-30-32-34-36-43(49)58-40(38-57-47-46(52)45(51)44(50)41(59-47)39-60(53,54)55)37-56-42(48)35-33-31-29-27-25-23-16-14-12-10-8-6-4-2/h5,7,11,13,17-18,20-21,23-26,40-41,44-47,50-52H,3-4,6,8-10,12,14-16,19,22,27-39H2,1-2H3,(H,53,54,55)/b7-5+,13-11+,18-17+,21-20+,25-23+,26-24+/t40-,41-,44-,45?,46?,47+/m1/s1. The van der Waals surface area contributed by atoms with Gasteiger partial charge in [-0.25, -0.2) is 0 Å². The summed E-state index contributed by atoms with van der Waals surface area (Å²) in [6.07, 6.45) is 36.6. The Morgan fingerprint density at radius 2 is 1.05 bits per heavy atom. The van der Waals surface area contributed by atoms with E-state index >= 15 is 0 Å². The number of hydrogen-bond donors (Lipinski definition) is 4. The van der Waals surface area contributed by atoms with Gasteiger partial charge < -0.3 is 34.3 Å². The second-order valence-electron chi connectivity index (χ2n) is 15.3. The predicted molar refractivity (Wildman–Crippen MR) is 238 cm³/mol. The minimum atomic E-state index is -4.61. The van der Waals surface area contributed by atoms with Crippen molar-refractivity contribution in [2.75, 3.05) is 19.0 Å². The van der Waals surface area contributed by atoms with Crippen LogP contribution in [0.5, 0.6) is 0 Å².